The fourth-order valence-corrected chi connectivity index (χ4v) is 2.18. The third-order valence-electron chi connectivity index (χ3n) is 2.28. The molecule has 86 valence electrons. The van der Waals surface area contributed by atoms with Crippen LogP contribution in [0.3, 0.4) is 0 Å². The summed E-state index contributed by atoms with van der Waals surface area (Å²) in [6.07, 6.45) is 5.59. The predicted molar refractivity (Wildman–Crippen MR) is 67.1 cm³/mol. The highest BCUT2D eigenvalue weighted by atomic mass is 79.9. The average molecular weight is 293 g/mol. The molecule has 0 aliphatic heterocycles. The lowest BCUT2D eigenvalue weighted by Crippen LogP contribution is -1.93. The van der Waals surface area contributed by atoms with Crippen LogP contribution in [0.25, 0.3) is 11.1 Å². The van der Waals surface area contributed by atoms with Gasteiger partial charge in [0.1, 0.15) is 18.4 Å². The van der Waals surface area contributed by atoms with Crippen LogP contribution in [0.1, 0.15) is 10.4 Å². The highest BCUT2D eigenvalue weighted by molar-refractivity contribution is 9.10. The van der Waals surface area contributed by atoms with Crippen LogP contribution in [0.4, 0.5) is 0 Å². The van der Waals surface area contributed by atoms with Gasteiger partial charge in [-0.1, -0.05) is 0 Å². The number of rotatable bonds is 3. The van der Waals surface area contributed by atoms with E-state index in [-0.39, 0.29) is 0 Å². The number of carbonyl (C=O) groups is 1. The number of benzene rings is 1. The molecule has 5 heteroatoms. The standard InChI is InChI=1S/C12H9BrN2O2/c1-17-12-10(9-4-14-7-15-5-9)2-8(6-16)3-11(12)13/h2-7H,1H3. The van der Waals surface area contributed by atoms with Crippen molar-refractivity contribution in [2.45, 2.75) is 0 Å². The second-order valence-electron chi connectivity index (χ2n) is 3.33. The first-order valence-electron chi connectivity index (χ1n) is 4.84. The van der Waals surface area contributed by atoms with Crippen molar-refractivity contribution in [3.05, 3.63) is 40.9 Å². The van der Waals surface area contributed by atoms with Crippen LogP contribution in [0.2, 0.25) is 0 Å². The van der Waals surface area contributed by atoms with E-state index in [1.54, 1.807) is 31.6 Å². The topological polar surface area (TPSA) is 52.1 Å². The molecule has 0 aliphatic carbocycles. The molecule has 0 amide bonds. The maximum absolute atomic E-state index is 10.8. The Bertz CT molecular complexity index is 544. The van der Waals surface area contributed by atoms with E-state index in [1.807, 2.05) is 0 Å². The maximum Gasteiger partial charge on any atom is 0.150 e. The average Bonchev–Trinajstić information content (AvgIpc) is 2.38. The maximum atomic E-state index is 10.8. The van der Waals surface area contributed by atoms with Gasteiger partial charge in [0.2, 0.25) is 0 Å². The van der Waals surface area contributed by atoms with E-state index in [4.69, 9.17) is 4.74 Å². The van der Waals surface area contributed by atoms with Crippen molar-refractivity contribution in [2.24, 2.45) is 0 Å². The molecule has 1 heterocycles. The Kier molecular flexibility index (Phi) is 3.49. The van der Waals surface area contributed by atoms with E-state index in [0.29, 0.717) is 11.3 Å². The number of hydrogen-bond donors (Lipinski definition) is 0. The zero-order chi connectivity index (χ0) is 12.3. The van der Waals surface area contributed by atoms with Gasteiger partial charge in [-0.3, -0.25) is 4.79 Å². The minimum Gasteiger partial charge on any atom is -0.495 e. The Hall–Kier alpha value is -1.75. The van der Waals surface area contributed by atoms with Gasteiger partial charge >= 0.3 is 0 Å². The Labute approximate surface area is 107 Å². The molecule has 0 saturated heterocycles. The lowest BCUT2D eigenvalue weighted by Gasteiger charge is -2.10. The van der Waals surface area contributed by atoms with Crippen LogP contribution in [0.5, 0.6) is 5.75 Å². The van der Waals surface area contributed by atoms with Crippen LogP contribution in [0.15, 0.2) is 35.3 Å². The molecule has 17 heavy (non-hydrogen) atoms. The van der Waals surface area contributed by atoms with Crippen LogP contribution in [0, 0.1) is 0 Å². The van der Waals surface area contributed by atoms with E-state index in [9.17, 15) is 4.79 Å². The molecule has 1 aromatic heterocycles. The molecule has 0 N–H and O–H groups in total. The van der Waals surface area contributed by atoms with Gasteiger partial charge in [0.15, 0.2) is 0 Å². The van der Waals surface area contributed by atoms with Gasteiger partial charge in [0, 0.05) is 29.1 Å². The molecular formula is C12H9BrN2O2. The lowest BCUT2D eigenvalue weighted by molar-refractivity contribution is 0.112. The zero-order valence-electron chi connectivity index (χ0n) is 9.05. The highest BCUT2D eigenvalue weighted by Crippen LogP contribution is 2.36. The number of aromatic nitrogens is 2. The second-order valence-corrected chi connectivity index (χ2v) is 4.18. The molecular weight excluding hydrogens is 284 g/mol. The molecule has 0 bridgehead atoms. The van der Waals surface area contributed by atoms with E-state index in [2.05, 4.69) is 25.9 Å². The van der Waals surface area contributed by atoms with Crippen LogP contribution in [-0.4, -0.2) is 23.4 Å². The number of methoxy groups -OCH3 is 1. The fraction of sp³-hybridized carbons (Fsp3) is 0.0833. The highest BCUT2D eigenvalue weighted by Gasteiger charge is 2.12. The third-order valence-corrected chi connectivity index (χ3v) is 2.87. The molecule has 4 nitrogen and oxygen atoms in total. The molecule has 2 aromatic rings. The van der Waals surface area contributed by atoms with E-state index in [0.717, 1.165) is 21.9 Å². The van der Waals surface area contributed by atoms with Gasteiger partial charge in [-0.25, -0.2) is 9.97 Å². The Morgan fingerprint density at radius 3 is 2.59 bits per heavy atom. The van der Waals surface area contributed by atoms with Crippen LogP contribution < -0.4 is 4.74 Å². The lowest BCUT2D eigenvalue weighted by atomic mass is 10.1. The van der Waals surface area contributed by atoms with Gasteiger partial charge in [-0.05, 0) is 28.1 Å². The molecule has 1 aromatic carbocycles. The summed E-state index contributed by atoms with van der Waals surface area (Å²) in [5, 5.41) is 0. The monoisotopic (exact) mass is 292 g/mol. The van der Waals surface area contributed by atoms with Crippen molar-refractivity contribution in [2.75, 3.05) is 7.11 Å². The Balaban J connectivity index is 2.66. The number of hydrogen-bond acceptors (Lipinski definition) is 4. The normalized spacial score (nSPS) is 10.0. The largest absolute Gasteiger partial charge is 0.495 e. The van der Waals surface area contributed by atoms with Crippen molar-refractivity contribution >= 4 is 22.2 Å². The van der Waals surface area contributed by atoms with E-state index < -0.39 is 0 Å². The number of aldehydes is 1. The second kappa shape index (κ2) is 5.05. The van der Waals surface area contributed by atoms with Gasteiger partial charge in [-0.2, -0.15) is 0 Å². The summed E-state index contributed by atoms with van der Waals surface area (Å²) in [4.78, 5) is 18.8. The minimum absolute atomic E-state index is 0.566. The quantitative estimate of drug-likeness (QED) is 0.816. The van der Waals surface area contributed by atoms with E-state index >= 15 is 0 Å². The Morgan fingerprint density at radius 2 is 2.00 bits per heavy atom. The minimum atomic E-state index is 0.566. The number of halogens is 1. The molecule has 0 radical (unpaired) electrons. The zero-order valence-corrected chi connectivity index (χ0v) is 10.6. The molecule has 0 unspecified atom stereocenters. The van der Waals surface area contributed by atoms with Crippen molar-refractivity contribution in [3.63, 3.8) is 0 Å². The van der Waals surface area contributed by atoms with Crippen LogP contribution in [-0.2, 0) is 0 Å². The van der Waals surface area contributed by atoms with Gasteiger partial charge in [0.05, 0.1) is 11.6 Å². The summed E-state index contributed by atoms with van der Waals surface area (Å²) in [7, 11) is 1.58. The van der Waals surface area contributed by atoms with Crippen molar-refractivity contribution in [3.8, 4) is 16.9 Å². The molecule has 2 rings (SSSR count). The van der Waals surface area contributed by atoms with Crippen molar-refractivity contribution in [1.29, 1.82) is 0 Å². The fourth-order valence-electron chi connectivity index (χ4n) is 1.54. The van der Waals surface area contributed by atoms with Gasteiger partial charge < -0.3 is 4.74 Å². The summed E-state index contributed by atoms with van der Waals surface area (Å²) >= 11 is 3.37. The first kappa shape index (κ1) is 11.7. The molecule has 0 saturated carbocycles. The first-order chi connectivity index (χ1) is 8.26. The van der Waals surface area contributed by atoms with Gasteiger partial charge in [0.25, 0.3) is 0 Å². The van der Waals surface area contributed by atoms with Gasteiger partial charge in [-0.15, -0.1) is 0 Å². The number of nitrogens with zero attached hydrogens (tertiary/aromatic N) is 2. The smallest absolute Gasteiger partial charge is 0.150 e. The summed E-state index contributed by atoms with van der Waals surface area (Å²) in [6.45, 7) is 0. The first-order valence-corrected chi connectivity index (χ1v) is 5.63. The van der Waals surface area contributed by atoms with Crippen molar-refractivity contribution < 1.29 is 9.53 Å². The van der Waals surface area contributed by atoms with E-state index in [1.165, 1.54) is 6.33 Å². The Morgan fingerprint density at radius 1 is 1.29 bits per heavy atom. The molecule has 0 atom stereocenters. The molecule has 0 aliphatic rings. The predicted octanol–water partition coefficient (Wildman–Crippen LogP) is 2.73. The molecule has 0 fully saturated rings. The van der Waals surface area contributed by atoms with Crippen LogP contribution >= 0.6 is 15.9 Å². The number of ether oxygens (including phenoxy) is 1. The summed E-state index contributed by atoms with van der Waals surface area (Å²) in [6, 6.07) is 3.45. The summed E-state index contributed by atoms with van der Waals surface area (Å²) in [5.74, 6) is 0.658. The summed E-state index contributed by atoms with van der Waals surface area (Å²) in [5.41, 5.74) is 2.15. The van der Waals surface area contributed by atoms with Crippen molar-refractivity contribution in [1.82, 2.24) is 9.97 Å². The SMILES string of the molecule is COc1c(Br)cc(C=O)cc1-c1cncnc1. The third kappa shape index (κ3) is 2.34. The summed E-state index contributed by atoms with van der Waals surface area (Å²) < 4.78 is 6.04. The number of carbonyl (C=O) groups excluding carboxylic acids is 1. The molecule has 0 spiro atoms.